The van der Waals surface area contributed by atoms with Crippen LogP contribution in [0.25, 0.3) is 0 Å². The molecular weight excluding hydrogens is 298 g/mol. The van der Waals surface area contributed by atoms with Crippen LogP contribution in [0.15, 0.2) is 36.0 Å². The van der Waals surface area contributed by atoms with Crippen LogP contribution in [-0.4, -0.2) is 36.2 Å². The van der Waals surface area contributed by atoms with E-state index in [-0.39, 0.29) is 18.7 Å². The van der Waals surface area contributed by atoms with Crippen LogP contribution in [0.4, 0.5) is 5.69 Å². The maximum Gasteiger partial charge on any atom is 0.338 e. The fourth-order valence-electron chi connectivity index (χ4n) is 1.58. The Bertz CT molecular complexity index is 615. The number of esters is 1. The van der Waals surface area contributed by atoms with Gasteiger partial charge in [-0.25, -0.2) is 4.79 Å². The Morgan fingerprint density at radius 3 is 2.57 bits per heavy atom. The highest BCUT2D eigenvalue weighted by Crippen LogP contribution is 2.11. The first-order valence-electron chi connectivity index (χ1n) is 7.08. The Labute approximate surface area is 134 Å². The second kappa shape index (κ2) is 9.23. The van der Waals surface area contributed by atoms with Gasteiger partial charge in [0.25, 0.3) is 5.91 Å². The minimum Gasteiger partial charge on any atom is -0.462 e. The number of nitrogens with one attached hydrogen (secondary N) is 2. The molecule has 1 unspecified atom stereocenters. The first-order valence-corrected chi connectivity index (χ1v) is 7.08. The Morgan fingerprint density at radius 2 is 2.04 bits per heavy atom. The lowest BCUT2D eigenvalue weighted by Crippen LogP contribution is -2.22. The number of nitriles is 1. The zero-order chi connectivity index (χ0) is 17.2. The smallest absolute Gasteiger partial charge is 0.338 e. The highest BCUT2D eigenvalue weighted by Gasteiger charge is 2.10. The van der Waals surface area contributed by atoms with Crippen LogP contribution in [0.5, 0.6) is 0 Å². The van der Waals surface area contributed by atoms with E-state index in [0.717, 1.165) is 0 Å². The third-order valence-electron chi connectivity index (χ3n) is 2.68. The molecule has 122 valence electrons. The number of aliphatic hydroxyl groups excluding tert-OH is 1. The van der Waals surface area contributed by atoms with Crippen molar-refractivity contribution in [3.63, 3.8) is 0 Å². The van der Waals surface area contributed by atoms with Crippen molar-refractivity contribution in [3.8, 4) is 6.07 Å². The highest BCUT2D eigenvalue weighted by molar-refractivity contribution is 6.06. The van der Waals surface area contributed by atoms with Crippen molar-refractivity contribution in [3.05, 3.63) is 41.6 Å². The van der Waals surface area contributed by atoms with Crippen LogP contribution >= 0.6 is 0 Å². The number of amides is 1. The standard InChI is InChI=1S/C16H19N3O4/c1-3-23-16(22)12-4-6-14(7-5-12)19-15(21)13(8-17)10-18-9-11(2)20/h4-7,10-11,18,20H,3,9H2,1-2H3,(H,19,21)/b13-10-. The van der Waals surface area contributed by atoms with Gasteiger partial charge in [0.05, 0.1) is 18.3 Å². The topological polar surface area (TPSA) is 111 Å². The van der Waals surface area contributed by atoms with E-state index in [1.807, 2.05) is 0 Å². The molecule has 1 rings (SSSR count). The first-order chi connectivity index (χ1) is 11.0. The quantitative estimate of drug-likeness (QED) is 0.395. The summed E-state index contributed by atoms with van der Waals surface area (Å²) in [7, 11) is 0. The zero-order valence-electron chi connectivity index (χ0n) is 13.0. The SMILES string of the molecule is CCOC(=O)c1ccc(NC(=O)/C(C#N)=C\NCC(C)O)cc1. The molecule has 0 fully saturated rings. The number of carbonyl (C=O) groups excluding carboxylic acids is 2. The van der Waals surface area contributed by atoms with E-state index in [0.29, 0.717) is 11.3 Å². The van der Waals surface area contributed by atoms with Crippen molar-refractivity contribution in [2.75, 3.05) is 18.5 Å². The summed E-state index contributed by atoms with van der Waals surface area (Å²) < 4.78 is 4.86. The second-order valence-corrected chi connectivity index (χ2v) is 4.68. The summed E-state index contributed by atoms with van der Waals surface area (Å²) in [5.74, 6) is -1.03. The lowest BCUT2D eigenvalue weighted by atomic mass is 10.2. The summed E-state index contributed by atoms with van der Waals surface area (Å²) in [4.78, 5) is 23.5. The average Bonchev–Trinajstić information content (AvgIpc) is 2.52. The van der Waals surface area contributed by atoms with Gasteiger partial charge in [-0.2, -0.15) is 5.26 Å². The number of anilines is 1. The lowest BCUT2D eigenvalue weighted by molar-refractivity contribution is -0.112. The predicted octanol–water partition coefficient (Wildman–Crippen LogP) is 1.18. The van der Waals surface area contributed by atoms with Crippen LogP contribution in [0, 0.1) is 11.3 Å². The van der Waals surface area contributed by atoms with E-state index in [2.05, 4.69) is 10.6 Å². The maximum absolute atomic E-state index is 11.9. The number of benzene rings is 1. The fourth-order valence-corrected chi connectivity index (χ4v) is 1.58. The molecule has 23 heavy (non-hydrogen) atoms. The Kier molecular flexibility index (Phi) is 7.30. The normalized spacial score (nSPS) is 12.0. The molecule has 7 nitrogen and oxygen atoms in total. The summed E-state index contributed by atoms with van der Waals surface area (Å²) >= 11 is 0. The number of aliphatic hydroxyl groups is 1. The van der Waals surface area contributed by atoms with Crippen molar-refractivity contribution >= 4 is 17.6 Å². The Morgan fingerprint density at radius 1 is 1.39 bits per heavy atom. The van der Waals surface area contributed by atoms with Gasteiger partial charge < -0.3 is 20.5 Å². The fraction of sp³-hybridized carbons (Fsp3) is 0.312. The molecule has 1 atom stereocenters. The minimum atomic E-state index is -0.593. The van der Waals surface area contributed by atoms with E-state index in [1.165, 1.54) is 18.3 Å². The molecule has 7 heteroatoms. The maximum atomic E-state index is 11.9. The van der Waals surface area contributed by atoms with E-state index in [1.54, 1.807) is 32.0 Å². The zero-order valence-corrected chi connectivity index (χ0v) is 13.0. The Balaban J connectivity index is 2.69. The van der Waals surface area contributed by atoms with Crippen LogP contribution in [0.2, 0.25) is 0 Å². The molecule has 0 spiro atoms. The number of carbonyl (C=O) groups is 2. The molecule has 1 aromatic carbocycles. The first kappa shape index (κ1) is 18.2. The number of hydrogen-bond acceptors (Lipinski definition) is 6. The van der Waals surface area contributed by atoms with Gasteiger partial charge in [-0.05, 0) is 38.1 Å². The molecule has 0 heterocycles. The molecule has 0 aliphatic carbocycles. The van der Waals surface area contributed by atoms with E-state index in [9.17, 15) is 9.59 Å². The molecule has 1 aromatic rings. The molecule has 1 amide bonds. The van der Waals surface area contributed by atoms with Gasteiger partial charge in [-0.1, -0.05) is 0 Å². The van der Waals surface area contributed by atoms with Crippen molar-refractivity contribution in [1.82, 2.24) is 5.32 Å². The van der Waals surface area contributed by atoms with Crippen LogP contribution in [0.1, 0.15) is 24.2 Å². The third kappa shape index (κ3) is 6.20. The molecule has 3 N–H and O–H groups in total. The summed E-state index contributed by atoms with van der Waals surface area (Å²) in [6.45, 7) is 3.81. The van der Waals surface area contributed by atoms with Gasteiger partial charge in [0.1, 0.15) is 11.6 Å². The van der Waals surface area contributed by atoms with E-state index < -0.39 is 18.0 Å². The van der Waals surface area contributed by atoms with Crippen molar-refractivity contribution in [2.45, 2.75) is 20.0 Å². The second-order valence-electron chi connectivity index (χ2n) is 4.68. The molecule has 0 aromatic heterocycles. The van der Waals surface area contributed by atoms with Gasteiger partial charge in [-0.3, -0.25) is 4.79 Å². The predicted molar refractivity (Wildman–Crippen MR) is 84.4 cm³/mol. The number of ether oxygens (including phenoxy) is 1. The monoisotopic (exact) mass is 317 g/mol. The number of nitrogens with zero attached hydrogens (tertiary/aromatic N) is 1. The van der Waals surface area contributed by atoms with E-state index in [4.69, 9.17) is 15.1 Å². The van der Waals surface area contributed by atoms with Crippen molar-refractivity contribution in [1.29, 1.82) is 5.26 Å². The Hall–Kier alpha value is -2.85. The molecular formula is C16H19N3O4. The molecule has 0 radical (unpaired) electrons. The highest BCUT2D eigenvalue weighted by atomic mass is 16.5. The van der Waals surface area contributed by atoms with E-state index >= 15 is 0 Å². The van der Waals surface area contributed by atoms with Gasteiger partial charge in [0.2, 0.25) is 0 Å². The third-order valence-corrected chi connectivity index (χ3v) is 2.68. The largest absolute Gasteiger partial charge is 0.462 e. The molecule has 0 saturated heterocycles. The molecule has 0 aliphatic rings. The number of rotatable bonds is 7. The molecule has 0 aliphatic heterocycles. The summed E-state index contributed by atoms with van der Waals surface area (Å²) in [6.07, 6.45) is 0.652. The van der Waals surface area contributed by atoms with Crippen molar-refractivity contribution in [2.24, 2.45) is 0 Å². The van der Waals surface area contributed by atoms with Gasteiger partial charge in [0, 0.05) is 18.4 Å². The number of hydrogen-bond donors (Lipinski definition) is 3. The van der Waals surface area contributed by atoms with Crippen LogP contribution in [0.3, 0.4) is 0 Å². The molecule has 0 bridgehead atoms. The molecule has 0 saturated carbocycles. The average molecular weight is 317 g/mol. The van der Waals surface area contributed by atoms with Gasteiger partial charge in [-0.15, -0.1) is 0 Å². The van der Waals surface area contributed by atoms with Crippen LogP contribution < -0.4 is 10.6 Å². The summed E-state index contributed by atoms with van der Waals surface area (Å²) in [5, 5.41) is 23.3. The minimum absolute atomic E-state index is 0.125. The summed E-state index contributed by atoms with van der Waals surface area (Å²) in [6, 6.07) is 7.91. The van der Waals surface area contributed by atoms with Crippen LogP contribution in [-0.2, 0) is 9.53 Å². The summed E-state index contributed by atoms with van der Waals surface area (Å²) in [5.41, 5.74) is 0.694. The lowest BCUT2D eigenvalue weighted by Gasteiger charge is -2.07. The van der Waals surface area contributed by atoms with Gasteiger partial charge in [0.15, 0.2) is 0 Å². The van der Waals surface area contributed by atoms with Crippen molar-refractivity contribution < 1.29 is 19.4 Å². The van der Waals surface area contributed by atoms with Gasteiger partial charge >= 0.3 is 5.97 Å².